The molecule has 11 heteroatoms. The monoisotopic (exact) mass is 487 g/mol. The standard InChI is InChI=1S/C21H18ClN5O3S2/c1-11-16(12-4-6-13(22)7-5-12)17-19(31-11)23-10-27(20(17)29)9-15(28)24-21-26-25-18(32-21)14-3-2-8-30-14/h4-7,10,14H,2-3,8-9H2,1H3,(H,24,26,28). The van der Waals surface area contributed by atoms with Crippen LogP contribution >= 0.6 is 34.3 Å². The molecule has 0 saturated carbocycles. The lowest BCUT2D eigenvalue weighted by Gasteiger charge is -2.06. The number of anilines is 1. The lowest BCUT2D eigenvalue weighted by molar-refractivity contribution is -0.116. The maximum atomic E-state index is 13.3. The molecule has 1 aliphatic rings. The average Bonchev–Trinajstić information content (AvgIpc) is 3.51. The number of hydrogen-bond donors (Lipinski definition) is 1. The van der Waals surface area contributed by atoms with Crippen LogP contribution in [0.4, 0.5) is 5.13 Å². The van der Waals surface area contributed by atoms with Crippen LogP contribution < -0.4 is 10.9 Å². The minimum absolute atomic E-state index is 0.0551. The van der Waals surface area contributed by atoms with E-state index in [9.17, 15) is 9.59 Å². The summed E-state index contributed by atoms with van der Waals surface area (Å²) >= 11 is 8.75. The number of fused-ring (bicyclic) bond motifs is 1. The van der Waals surface area contributed by atoms with E-state index < -0.39 is 0 Å². The molecule has 1 N–H and O–H groups in total. The van der Waals surface area contributed by atoms with Crippen molar-refractivity contribution in [1.29, 1.82) is 0 Å². The van der Waals surface area contributed by atoms with Gasteiger partial charge >= 0.3 is 0 Å². The Labute approximate surface area is 195 Å². The second kappa shape index (κ2) is 8.70. The largest absolute Gasteiger partial charge is 0.371 e. The Kier molecular flexibility index (Phi) is 5.76. The molecule has 5 rings (SSSR count). The molecule has 0 spiro atoms. The summed E-state index contributed by atoms with van der Waals surface area (Å²) in [4.78, 5) is 31.9. The molecule has 1 aliphatic heterocycles. The van der Waals surface area contributed by atoms with E-state index in [-0.39, 0.29) is 24.1 Å². The average molecular weight is 488 g/mol. The van der Waals surface area contributed by atoms with Gasteiger partial charge in [-0.05, 0) is 37.5 Å². The van der Waals surface area contributed by atoms with Gasteiger partial charge in [-0.15, -0.1) is 21.5 Å². The lowest BCUT2D eigenvalue weighted by atomic mass is 10.0. The van der Waals surface area contributed by atoms with Gasteiger partial charge in [-0.1, -0.05) is 35.1 Å². The molecule has 3 aromatic heterocycles. The second-order valence-corrected chi connectivity index (χ2v) is 10.0. The number of aryl methyl sites for hydroxylation is 1. The van der Waals surface area contributed by atoms with Crippen LogP contribution in [0.25, 0.3) is 21.3 Å². The molecule has 1 atom stereocenters. The summed E-state index contributed by atoms with van der Waals surface area (Å²) < 4.78 is 6.91. The topological polar surface area (TPSA) is 99.0 Å². The van der Waals surface area contributed by atoms with Crippen LogP contribution in [0.1, 0.15) is 28.8 Å². The van der Waals surface area contributed by atoms with Gasteiger partial charge in [0.25, 0.3) is 5.56 Å². The first-order valence-electron chi connectivity index (χ1n) is 9.99. The van der Waals surface area contributed by atoms with E-state index in [2.05, 4.69) is 20.5 Å². The number of carbonyl (C=O) groups is 1. The number of benzene rings is 1. The van der Waals surface area contributed by atoms with Crippen LogP contribution in [0.5, 0.6) is 0 Å². The summed E-state index contributed by atoms with van der Waals surface area (Å²) in [6, 6.07) is 7.33. The van der Waals surface area contributed by atoms with E-state index in [1.807, 2.05) is 19.1 Å². The van der Waals surface area contributed by atoms with Crippen LogP contribution in [0.2, 0.25) is 5.02 Å². The van der Waals surface area contributed by atoms with Crippen molar-refractivity contribution in [2.24, 2.45) is 0 Å². The summed E-state index contributed by atoms with van der Waals surface area (Å²) in [5.41, 5.74) is 1.44. The Morgan fingerprint density at radius 3 is 2.84 bits per heavy atom. The zero-order valence-corrected chi connectivity index (χ0v) is 19.4. The number of aromatic nitrogens is 4. The minimum atomic E-state index is -0.372. The number of carbonyl (C=O) groups excluding carboxylic acids is 1. The number of thiophene rings is 1. The lowest BCUT2D eigenvalue weighted by Crippen LogP contribution is -2.27. The Morgan fingerprint density at radius 2 is 2.09 bits per heavy atom. The molecule has 1 aromatic carbocycles. The Hall–Kier alpha value is -2.66. The molecule has 0 radical (unpaired) electrons. The first kappa shape index (κ1) is 21.2. The SMILES string of the molecule is Cc1sc2ncn(CC(=O)Nc3nnc(C4CCCO4)s3)c(=O)c2c1-c1ccc(Cl)cc1. The molecule has 1 fully saturated rings. The number of amides is 1. The van der Waals surface area contributed by atoms with Gasteiger partial charge in [0.05, 0.1) is 11.7 Å². The molecule has 0 aliphatic carbocycles. The van der Waals surface area contributed by atoms with Crippen LogP contribution in [0, 0.1) is 6.92 Å². The Morgan fingerprint density at radius 1 is 1.28 bits per heavy atom. The Balaban J connectivity index is 1.40. The van der Waals surface area contributed by atoms with Crippen molar-refractivity contribution in [2.45, 2.75) is 32.4 Å². The van der Waals surface area contributed by atoms with Crippen LogP contribution in [-0.2, 0) is 16.1 Å². The molecule has 1 amide bonds. The van der Waals surface area contributed by atoms with Gasteiger partial charge in [0.1, 0.15) is 22.5 Å². The third-order valence-electron chi connectivity index (χ3n) is 5.19. The summed E-state index contributed by atoms with van der Waals surface area (Å²) in [6.45, 7) is 2.49. The number of hydrogen-bond acceptors (Lipinski definition) is 8. The van der Waals surface area contributed by atoms with Crippen molar-refractivity contribution >= 4 is 55.5 Å². The van der Waals surface area contributed by atoms with Crippen LogP contribution in [0.15, 0.2) is 35.4 Å². The second-order valence-electron chi connectivity index (χ2n) is 7.39. The van der Waals surface area contributed by atoms with E-state index in [1.165, 1.54) is 33.6 Å². The van der Waals surface area contributed by atoms with Crippen molar-refractivity contribution in [3.8, 4) is 11.1 Å². The zero-order valence-electron chi connectivity index (χ0n) is 17.0. The number of halogens is 1. The number of rotatable bonds is 5. The molecule has 1 saturated heterocycles. The highest BCUT2D eigenvalue weighted by Crippen LogP contribution is 2.36. The fourth-order valence-electron chi connectivity index (χ4n) is 3.72. The summed E-state index contributed by atoms with van der Waals surface area (Å²) in [5, 5.41) is 13.1. The molecule has 4 heterocycles. The number of nitrogens with one attached hydrogen (secondary N) is 1. The number of ether oxygens (including phenoxy) is 1. The van der Waals surface area contributed by atoms with E-state index >= 15 is 0 Å². The molecule has 4 aromatic rings. The molecule has 8 nitrogen and oxygen atoms in total. The van der Waals surface area contributed by atoms with Crippen molar-refractivity contribution < 1.29 is 9.53 Å². The van der Waals surface area contributed by atoms with Gasteiger partial charge in [0, 0.05) is 22.1 Å². The number of nitrogens with zero attached hydrogens (tertiary/aromatic N) is 4. The maximum Gasteiger partial charge on any atom is 0.263 e. The van der Waals surface area contributed by atoms with Crippen molar-refractivity contribution in [3.63, 3.8) is 0 Å². The molecule has 1 unspecified atom stereocenters. The smallest absolute Gasteiger partial charge is 0.263 e. The first-order valence-corrected chi connectivity index (χ1v) is 12.0. The van der Waals surface area contributed by atoms with Gasteiger partial charge in [-0.25, -0.2) is 4.98 Å². The summed E-state index contributed by atoms with van der Waals surface area (Å²) in [5.74, 6) is -0.372. The fraction of sp³-hybridized carbons (Fsp3) is 0.286. The summed E-state index contributed by atoms with van der Waals surface area (Å²) in [7, 11) is 0. The van der Waals surface area contributed by atoms with Crippen LogP contribution in [0.3, 0.4) is 0 Å². The predicted octanol–water partition coefficient (Wildman–Crippen LogP) is 4.43. The quantitative estimate of drug-likeness (QED) is 0.447. The van der Waals surface area contributed by atoms with E-state index in [0.29, 0.717) is 27.0 Å². The van der Waals surface area contributed by atoms with Crippen molar-refractivity contribution in [1.82, 2.24) is 19.7 Å². The minimum Gasteiger partial charge on any atom is -0.371 e. The normalized spacial score (nSPS) is 16.0. The molecular weight excluding hydrogens is 470 g/mol. The van der Waals surface area contributed by atoms with E-state index in [0.717, 1.165) is 33.9 Å². The van der Waals surface area contributed by atoms with E-state index in [1.54, 1.807) is 12.1 Å². The van der Waals surface area contributed by atoms with Crippen molar-refractivity contribution in [2.75, 3.05) is 11.9 Å². The van der Waals surface area contributed by atoms with Gasteiger partial charge in [0.15, 0.2) is 0 Å². The third kappa shape index (κ3) is 4.06. The third-order valence-corrected chi connectivity index (χ3v) is 7.39. The summed E-state index contributed by atoms with van der Waals surface area (Å²) in [6.07, 6.45) is 3.24. The highest BCUT2D eigenvalue weighted by atomic mass is 35.5. The highest BCUT2D eigenvalue weighted by molar-refractivity contribution is 7.19. The zero-order chi connectivity index (χ0) is 22.2. The first-order chi connectivity index (χ1) is 15.5. The molecule has 164 valence electrons. The van der Waals surface area contributed by atoms with E-state index in [4.69, 9.17) is 16.3 Å². The van der Waals surface area contributed by atoms with Gasteiger partial charge in [0.2, 0.25) is 11.0 Å². The highest BCUT2D eigenvalue weighted by Gasteiger charge is 2.23. The fourth-order valence-corrected chi connectivity index (χ4v) is 5.69. The van der Waals surface area contributed by atoms with Crippen molar-refractivity contribution in [3.05, 3.63) is 55.9 Å². The van der Waals surface area contributed by atoms with Gasteiger partial charge < -0.3 is 4.74 Å². The molecule has 32 heavy (non-hydrogen) atoms. The van der Waals surface area contributed by atoms with Gasteiger partial charge in [-0.3, -0.25) is 19.5 Å². The van der Waals surface area contributed by atoms with Gasteiger partial charge in [-0.2, -0.15) is 0 Å². The molecule has 0 bridgehead atoms. The maximum absolute atomic E-state index is 13.3. The Bertz CT molecular complexity index is 1360. The molecular formula is C21H18ClN5O3S2. The van der Waals surface area contributed by atoms with Crippen LogP contribution in [-0.4, -0.2) is 32.3 Å². The predicted molar refractivity (Wildman–Crippen MR) is 126 cm³/mol.